The quantitative estimate of drug-likeness (QED) is 0.489. The zero-order valence-electron chi connectivity index (χ0n) is 18.5. The molecule has 0 N–H and O–H groups in total. The van der Waals surface area contributed by atoms with Crippen molar-refractivity contribution in [3.8, 4) is 0 Å². The molecule has 2 amide bonds. The van der Waals surface area contributed by atoms with Gasteiger partial charge in [-0.2, -0.15) is 0 Å². The minimum atomic E-state index is -0.242. The van der Waals surface area contributed by atoms with Gasteiger partial charge in [0.2, 0.25) is 0 Å². The Morgan fingerprint density at radius 2 is 1.87 bits per heavy atom. The number of aryl methyl sites for hydroxylation is 1. The fraction of sp³-hybridized carbons (Fsp3) is 0.360. The Kier molecular flexibility index (Phi) is 5.69. The summed E-state index contributed by atoms with van der Waals surface area (Å²) in [5.41, 5.74) is 5.60. The fourth-order valence-corrected chi connectivity index (χ4v) is 5.40. The first-order valence-corrected chi connectivity index (χ1v) is 11.6. The van der Waals surface area contributed by atoms with Crippen molar-refractivity contribution in [1.82, 2.24) is 4.90 Å². The Morgan fingerprint density at radius 1 is 1.19 bits per heavy atom. The second-order valence-electron chi connectivity index (χ2n) is 9.14. The molecule has 2 aliphatic heterocycles. The Bertz CT molecular complexity index is 1090. The number of hydrogen-bond donors (Lipinski definition) is 0. The van der Waals surface area contributed by atoms with Gasteiger partial charge >= 0.3 is 0 Å². The Balaban J connectivity index is 1.63. The molecule has 0 bridgehead atoms. The number of thioether (sulfide) groups is 1. The summed E-state index contributed by atoms with van der Waals surface area (Å²) in [4.78, 5) is 29.6. The molecule has 1 unspecified atom stereocenters. The number of benzene rings is 2. The Morgan fingerprint density at radius 3 is 2.55 bits per heavy atom. The van der Waals surface area contributed by atoms with Crippen molar-refractivity contribution in [2.75, 3.05) is 11.9 Å². The summed E-state index contributed by atoms with van der Waals surface area (Å²) in [7, 11) is 2.14. The van der Waals surface area contributed by atoms with E-state index in [0.717, 1.165) is 34.9 Å². The van der Waals surface area contributed by atoms with Crippen LogP contribution in [-0.2, 0) is 11.3 Å². The molecule has 0 radical (unpaired) electrons. The molecule has 4 nitrogen and oxygen atoms in total. The molecular formula is C25H27ClN2O2S. The molecule has 1 atom stereocenters. The Hall–Kier alpha value is -2.24. The van der Waals surface area contributed by atoms with Crippen LogP contribution in [0.3, 0.4) is 0 Å². The smallest absolute Gasteiger partial charge is 0.293 e. The van der Waals surface area contributed by atoms with Gasteiger partial charge in [-0.3, -0.25) is 14.5 Å². The van der Waals surface area contributed by atoms with Crippen molar-refractivity contribution >= 4 is 46.3 Å². The van der Waals surface area contributed by atoms with Gasteiger partial charge in [-0.15, -0.1) is 0 Å². The zero-order chi connectivity index (χ0) is 22.5. The normalized spacial score (nSPS) is 21.7. The van der Waals surface area contributed by atoms with Gasteiger partial charge in [0.15, 0.2) is 0 Å². The predicted molar refractivity (Wildman–Crippen MR) is 130 cm³/mol. The number of hydrogen-bond acceptors (Lipinski definition) is 4. The summed E-state index contributed by atoms with van der Waals surface area (Å²) >= 11 is 6.94. The SMILES string of the molecule is Cc1cc2c(cc1/C=C1/SC(=O)N(Cc3ccc(Cl)cc3)C1=O)C(C)CC(C)(C)N2C. The lowest BCUT2D eigenvalue weighted by Gasteiger charge is -2.45. The molecule has 2 aromatic carbocycles. The highest BCUT2D eigenvalue weighted by Gasteiger charge is 2.36. The van der Waals surface area contributed by atoms with Crippen molar-refractivity contribution in [2.45, 2.75) is 52.1 Å². The van der Waals surface area contributed by atoms with Crippen LogP contribution in [0.25, 0.3) is 6.08 Å². The molecule has 2 aliphatic rings. The summed E-state index contributed by atoms with van der Waals surface area (Å²) in [5, 5.41) is 0.389. The molecule has 4 rings (SSSR count). The molecule has 1 fully saturated rings. The largest absolute Gasteiger partial charge is 0.369 e. The Labute approximate surface area is 193 Å². The maximum atomic E-state index is 13.0. The van der Waals surface area contributed by atoms with E-state index in [1.54, 1.807) is 12.1 Å². The number of fused-ring (bicyclic) bond motifs is 1. The number of imide groups is 1. The summed E-state index contributed by atoms with van der Waals surface area (Å²) in [6.45, 7) is 9.11. The molecule has 0 saturated carbocycles. The highest BCUT2D eigenvalue weighted by Crippen LogP contribution is 2.44. The van der Waals surface area contributed by atoms with Crippen LogP contribution in [0.5, 0.6) is 0 Å². The standard InChI is InChI=1S/C25H27ClN2O2S/c1-15-10-21-20(16(2)13-25(3,4)27(21)5)11-18(15)12-22-23(29)28(24(30)31-22)14-17-6-8-19(26)9-7-17/h6-12,16H,13-14H2,1-5H3/b22-12+. The summed E-state index contributed by atoms with van der Waals surface area (Å²) in [6, 6.07) is 11.6. The predicted octanol–water partition coefficient (Wildman–Crippen LogP) is 6.61. The van der Waals surface area contributed by atoms with Gasteiger partial charge < -0.3 is 4.90 Å². The van der Waals surface area contributed by atoms with Crippen molar-refractivity contribution in [3.05, 3.63) is 68.6 Å². The molecule has 2 heterocycles. The first kappa shape index (κ1) is 22.0. The van der Waals surface area contributed by atoms with Crippen LogP contribution in [0.4, 0.5) is 10.5 Å². The molecular weight excluding hydrogens is 428 g/mol. The van der Waals surface area contributed by atoms with Gasteiger partial charge in [0.05, 0.1) is 11.4 Å². The minimum Gasteiger partial charge on any atom is -0.369 e. The highest BCUT2D eigenvalue weighted by atomic mass is 35.5. The van der Waals surface area contributed by atoms with Gasteiger partial charge in [0.1, 0.15) is 0 Å². The van der Waals surface area contributed by atoms with Crippen LogP contribution in [-0.4, -0.2) is 28.6 Å². The highest BCUT2D eigenvalue weighted by molar-refractivity contribution is 8.18. The average molecular weight is 455 g/mol. The second-order valence-corrected chi connectivity index (χ2v) is 10.6. The van der Waals surface area contributed by atoms with Crippen molar-refractivity contribution in [2.24, 2.45) is 0 Å². The van der Waals surface area contributed by atoms with Crippen molar-refractivity contribution in [3.63, 3.8) is 0 Å². The van der Waals surface area contributed by atoms with Crippen LogP contribution in [0.15, 0.2) is 41.3 Å². The van der Waals surface area contributed by atoms with E-state index >= 15 is 0 Å². The lowest BCUT2D eigenvalue weighted by molar-refractivity contribution is -0.123. The average Bonchev–Trinajstić information content (AvgIpc) is 2.96. The molecule has 6 heteroatoms. The van der Waals surface area contributed by atoms with Gasteiger partial charge in [0, 0.05) is 23.3 Å². The van der Waals surface area contributed by atoms with E-state index in [4.69, 9.17) is 11.6 Å². The number of anilines is 1. The number of nitrogens with zero attached hydrogens (tertiary/aromatic N) is 2. The second kappa shape index (κ2) is 8.03. The first-order chi connectivity index (χ1) is 14.6. The van der Waals surface area contributed by atoms with Crippen molar-refractivity contribution < 1.29 is 9.59 Å². The minimum absolute atomic E-state index is 0.102. The first-order valence-electron chi connectivity index (χ1n) is 10.4. The molecule has 0 aliphatic carbocycles. The van der Waals surface area contributed by atoms with E-state index in [1.807, 2.05) is 18.2 Å². The summed E-state index contributed by atoms with van der Waals surface area (Å²) in [5.74, 6) is 0.183. The summed E-state index contributed by atoms with van der Waals surface area (Å²) < 4.78 is 0. The third-order valence-corrected chi connectivity index (χ3v) is 7.59. The maximum Gasteiger partial charge on any atom is 0.293 e. The molecule has 1 saturated heterocycles. The monoisotopic (exact) mass is 454 g/mol. The van der Waals surface area contributed by atoms with E-state index in [0.29, 0.717) is 15.8 Å². The van der Waals surface area contributed by atoms with E-state index in [-0.39, 0.29) is 23.2 Å². The number of carbonyl (C=O) groups is 2. The van der Waals surface area contributed by atoms with Crippen LogP contribution >= 0.6 is 23.4 Å². The maximum absolute atomic E-state index is 13.0. The molecule has 2 aromatic rings. The van der Waals surface area contributed by atoms with Gasteiger partial charge in [-0.1, -0.05) is 30.7 Å². The van der Waals surface area contributed by atoms with E-state index in [2.05, 4.69) is 51.8 Å². The molecule has 0 aromatic heterocycles. The van der Waals surface area contributed by atoms with Crippen LogP contribution in [0.1, 0.15) is 55.4 Å². The lowest BCUT2D eigenvalue weighted by atomic mass is 9.79. The van der Waals surface area contributed by atoms with E-state index in [1.165, 1.54) is 16.2 Å². The van der Waals surface area contributed by atoms with Gasteiger partial charge in [-0.05, 0) is 97.5 Å². The topological polar surface area (TPSA) is 40.6 Å². The lowest BCUT2D eigenvalue weighted by Crippen LogP contribution is -2.45. The van der Waals surface area contributed by atoms with E-state index in [9.17, 15) is 9.59 Å². The molecule has 0 spiro atoms. The third-order valence-electron chi connectivity index (χ3n) is 6.44. The number of rotatable bonds is 3. The van der Waals surface area contributed by atoms with Gasteiger partial charge in [-0.25, -0.2) is 0 Å². The third kappa shape index (κ3) is 4.13. The van der Waals surface area contributed by atoms with Crippen LogP contribution < -0.4 is 4.90 Å². The number of carbonyl (C=O) groups excluding carboxylic acids is 2. The van der Waals surface area contributed by atoms with Crippen LogP contribution in [0, 0.1) is 6.92 Å². The zero-order valence-corrected chi connectivity index (χ0v) is 20.1. The van der Waals surface area contributed by atoms with Crippen molar-refractivity contribution in [1.29, 1.82) is 0 Å². The fourth-order valence-electron chi connectivity index (χ4n) is 4.44. The summed E-state index contributed by atoms with van der Waals surface area (Å²) in [6.07, 6.45) is 2.94. The number of halogens is 1. The molecule has 31 heavy (non-hydrogen) atoms. The van der Waals surface area contributed by atoms with Gasteiger partial charge in [0.25, 0.3) is 11.1 Å². The molecule has 162 valence electrons. The van der Waals surface area contributed by atoms with Crippen LogP contribution in [0.2, 0.25) is 5.02 Å². The van der Waals surface area contributed by atoms with E-state index < -0.39 is 0 Å². The number of amides is 2.